The van der Waals surface area contributed by atoms with Crippen LogP contribution in [0.25, 0.3) is 0 Å². The highest BCUT2D eigenvalue weighted by molar-refractivity contribution is 7.89. The normalized spacial score (nSPS) is 19.6. The van der Waals surface area contributed by atoms with Crippen LogP contribution in [0.3, 0.4) is 0 Å². The Morgan fingerprint density at radius 2 is 2.18 bits per heavy atom. The van der Waals surface area contributed by atoms with E-state index in [-0.39, 0.29) is 24.3 Å². The van der Waals surface area contributed by atoms with Crippen LogP contribution in [-0.2, 0) is 24.4 Å². The molecule has 0 aromatic carbocycles. The smallest absolute Gasteiger partial charge is 0.249 e. The fourth-order valence-electron chi connectivity index (χ4n) is 2.85. The molecule has 0 radical (unpaired) electrons. The van der Waals surface area contributed by atoms with E-state index in [9.17, 15) is 28.0 Å². The predicted octanol–water partition coefficient (Wildman–Crippen LogP) is -0.940. The number of pyridine rings is 1. The number of sulfonamides is 1. The average molecular weight is 412 g/mol. The van der Waals surface area contributed by atoms with E-state index < -0.39 is 46.1 Å². The van der Waals surface area contributed by atoms with Crippen molar-refractivity contribution in [3.8, 4) is 0 Å². The first-order chi connectivity index (χ1) is 13.1. The van der Waals surface area contributed by atoms with Gasteiger partial charge < -0.3 is 16.3 Å². The average Bonchev–Trinajstić information content (AvgIpc) is 2.81. The monoisotopic (exact) mass is 412 g/mol. The van der Waals surface area contributed by atoms with E-state index in [0.717, 1.165) is 16.7 Å². The molecule has 2 atom stereocenters. The summed E-state index contributed by atoms with van der Waals surface area (Å²) in [6.07, 6.45) is 3.09. The van der Waals surface area contributed by atoms with Gasteiger partial charge in [-0.05, 0) is 25.3 Å². The summed E-state index contributed by atoms with van der Waals surface area (Å²) in [7, 11) is -4.00. The fourth-order valence-corrected chi connectivity index (χ4v) is 4.30. The Balaban J connectivity index is 2.01. The maximum absolute atomic E-state index is 12.7. The zero-order valence-electron chi connectivity index (χ0n) is 15.5. The third-order valence-corrected chi connectivity index (χ3v) is 6.46. The summed E-state index contributed by atoms with van der Waals surface area (Å²) in [6, 6.07) is 1.81. The highest BCUT2D eigenvalue weighted by Gasteiger charge is 2.33. The first-order valence-corrected chi connectivity index (χ1v) is 10.4. The number of rotatable bonds is 7. The van der Waals surface area contributed by atoms with Crippen LogP contribution in [0.15, 0.2) is 29.4 Å². The van der Waals surface area contributed by atoms with Gasteiger partial charge in [-0.3, -0.25) is 14.4 Å². The zero-order chi connectivity index (χ0) is 20.9. The second-order valence-corrected chi connectivity index (χ2v) is 8.75. The molecule has 1 unspecified atom stereocenters. The second kappa shape index (κ2) is 9.11. The van der Waals surface area contributed by atoms with Gasteiger partial charge in [-0.2, -0.15) is 9.04 Å². The summed E-state index contributed by atoms with van der Waals surface area (Å²) >= 11 is 0. The molecule has 1 fully saturated rings. The molecule has 11 heteroatoms. The zero-order valence-corrected chi connectivity index (χ0v) is 16.4. The molecule has 3 N–H and O–H groups in total. The van der Waals surface area contributed by atoms with Crippen molar-refractivity contribution in [1.82, 2.24) is 9.62 Å². The number of carbonyl (C=O) groups is 3. The number of Topliss-reactive ketones (excluding diaryl/α,β-unsaturated/α-hetero) is 1. The van der Waals surface area contributed by atoms with Gasteiger partial charge in [0.2, 0.25) is 21.8 Å². The maximum Gasteiger partial charge on any atom is 0.249 e. The van der Waals surface area contributed by atoms with Gasteiger partial charge in [0.05, 0.1) is 12.6 Å². The van der Waals surface area contributed by atoms with Gasteiger partial charge in [0, 0.05) is 24.9 Å². The van der Waals surface area contributed by atoms with Crippen molar-refractivity contribution >= 4 is 27.6 Å². The van der Waals surface area contributed by atoms with Crippen molar-refractivity contribution in [2.24, 2.45) is 11.7 Å². The summed E-state index contributed by atoms with van der Waals surface area (Å²) in [6.45, 7) is 1.33. The molecule has 1 aromatic heterocycles. The summed E-state index contributed by atoms with van der Waals surface area (Å²) in [5.74, 6) is -1.77. The largest absolute Gasteiger partial charge is 0.619 e. The van der Waals surface area contributed by atoms with Crippen molar-refractivity contribution in [1.29, 1.82) is 0 Å². The number of ketones is 1. The minimum atomic E-state index is -4.00. The third kappa shape index (κ3) is 5.49. The lowest BCUT2D eigenvalue weighted by molar-refractivity contribution is -0.607. The molecular formula is C17H24N4O6S. The van der Waals surface area contributed by atoms with Gasteiger partial charge in [-0.15, -0.1) is 0 Å². The molecule has 1 aromatic rings. The summed E-state index contributed by atoms with van der Waals surface area (Å²) < 4.78 is 26.8. The predicted molar refractivity (Wildman–Crippen MR) is 97.9 cm³/mol. The highest BCUT2D eigenvalue weighted by atomic mass is 32.2. The lowest BCUT2D eigenvalue weighted by Gasteiger charge is -2.19. The molecule has 2 rings (SSSR count). The van der Waals surface area contributed by atoms with E-state index >= 15 is 0 Å². The number of carbonyl (C=O) groups excluding carboxylic acids is 3. The number of nitrogens with one attached hydrogen (secondary N) is 1. The van der Waals surface area contributed by atoms with Crippen LogP contribution in [0, 0.1) is 11.1 Å². The Kier molecular flexibility index (Phi) is 7.08. The Morgan fingerprint density at radius 3 is 2.82 bits per heavy atom. The third-order valence-electron chi connectivity index (χ3n) is 4.63. The Hall–Kier alpha value is -2.53. The van der Waals surface area contributed by atoms with Gasteiger partial charge in [0.15, 0.2) is 18.2 Å². The van der Waals surface area contributed by atoms with E-state index in [1.165, 1.54) is 12.1 Å². The molecule has 0 saturated carbocycles. The number of nitrogens with two attached hydrogens (primary N) is 1. The molecule has 0 bridgehead atoms. The number of hydrogen-bond acceptors (Lipinski definition) is 6. The summed E-state index contributed by atoms with van der Waals surface area (Å²) in [4.78, 5) is 35.4. The van der Waals surface area contributed by atoms with Crippen molar-refractivity contribution < 1.29 is 27.5 Å². The molecule has 154 valence electrons. The van der Waals surface area contributed by atoms with E-state index in [0.29, 0.717) is 17.6 Å². The fraction of sp³-hybridized carbons (Fsp3) is 0.529. The number of hydrogen-bond donors (Lipinski definition) is 2. The van der Waals surface area contributed by atoms with Crippen molar-refractivity contribution in [2.45, 2.75) is 43.5 Å². The van der Waals surface area contributed by atoms with E-state index in [4.69, 9.17) is 5.73 Å². The summed E-state index contributed by atoms with van der Waals surface area (Å²) in [5.41, 5.74) is 5.15. The van der Waals surface area contributed by atoms with Crippen LogP contribution in [0.2, 0.25) is 0 Å². The molecule has 1 aliphatic heterocycles. The minimum absolute atomic E-state index is 0.0451. The quantitative estimate of drug-likeness (QED) is 0.435. The van der Waals surface area contributed by atoms with Crippen LogP contribution in [0.5, 0.6) is 0 Å². The molecular weight excluding hydrogens is 388 g/mol. The SMILES string of the molecule is CC(CCC(=O)N[C@H]1CCCN(S(=O)(=O)c2ccc[n+]([O-])c2)CC1=O)C(N)=O. The van der Waals surface area contributed by atoms with Gasteiger partial charge in [-0.25, -0.2) is 8.42 Å². The Bertz CT molecular complexity index is 857. The number of aromatic nitrogens is 1. The Morgan fingerprint density at radius 1 is 1.46 bits per heavy atom. The van der Waals surface area contributed by atoms with Gasteiger partial charge >= 0.3 is 0 Å². The van der Waals surface area contributed by atoms with Crippen molar-refractivity contribution in [3.05, 3.63) is 29.7 Å². The Labute approximate surface area is 163 Å². The van der Waals surface area contributed by atoms with Gasteiger partial charge in [-0.1, -0.05) is 6.92 Å². The van der Waals surface area contributed by atoms with Crippen LogP contribution in [-0.4, -0.2) is 49.5 Å². The van der Waals surface area contributed by atoms with Crippen LogP contribution in [0.1, 0.15) is 32.6 Å². The molecule has 1 aliphatic rings. The van der Waals surface area contributed by atoms with E-state index in [1.807, 2.05) is 0 Å². The van der Waals surface area contributed by atoms with Gasteiger partial charge in [0.25, 0.3) is 0 Å². The van der Waals surface area contributed by atoms with Crippen LogP contribution < -0.4 is 15.8 Å². The lowest BCUT2D eigenvalue weighted by atomic mass is 10.0. The standard InChI is InChI=1S/C17H24N4O6S/c1-12(17(18)24)6-7-16(23)19-14-5-3-9-21(11-15(14)22)28(26,27)13-4-2-8-20(25)10-13/h2,4,8,10,12,14H,3,5-7,9,11H2,1H3,(H2,18,24)(H,19,23)/t12?,14-/m0/s1. The summed E-state index contributed by atoms with van der Waals surface area (Å²) in [5, 5.41) is 14.0. The first kappa shape index (κ1) is 21.8. The van der Waals surface area contributed by atoms with Crippen LogP contribution >= 0.6 is 0 Å². The number of amides is 2. The first-order valence-electron chi connectivity index (χ1n) is 8.91. The van der Waals surface area contributed by atoms with E-state index in [2.05, 4.69) is 5.32 Å². The number of primary amides is 1. The maximum atomic E-state index is 12.7. The topological polar surface area (TPSA) is 154 Å². The highest BCUT2D eigenvalue weighted by Crippen LogP contribution is 2.18. The van der Waals surface area contributed by atoms with Crippen molar-refractivity contribution in [2.75, 3.05) is 13.1 Å². The lowest BCUT2D eigenvalue weighted by Crippen LogP contribution is -2.44. The molecule has 0 aliphatic carbocycles. The molecule has 2 amide bonds. The van der Waals surface area contributed by atoms with Gasteiger partial charge in [0.1, 0.15) is 4.90 Å². The molecule has 0 spiro atoms. The number of nitrogens with zero attached hydrogens (tertiary/aromatic N) is 2. The minimum Gasteiger partial charge on any atom is -0.619 e. The molecule has 28 heavy (non-hydrogen) atoms. The molecule has 2 heterocycles. The second-order valence-electron chi connectivity index (χ2n) is 6.81. The van der Waals surface area contributed by atoms with Crippen molar-refractivity contribution in [3.63, 3.8) is 0 Å². The molecule has 10 nitrogen and oxygen atoms in total. The van der Waals surface area contributed by atoms with Crippen LogP contribution in [0.4, 0.5) is 0 Å². The van der Waals surface area contributed by atoms with E-state index in [1.54, 1.807) is 6.92 Å². The molecule has 1 saturated heterocycles.